The van der Waals surface area contributed by atoms with E-state index in [2.05, 4.69) is 31.2 Å². The number of fused-ring (bicyclic) bond motifs is 1. The Morgan fingerprint density at radius 2 is 1.55 bits per heavy atom. The lowest BCUT2D eigenvalue weighted by molar-refractivity contribution is 0.410. The number of aromatic nitrogens is 1. The Morgan fingerprint density at radius 1 is 0.900 bits per heavy atom. The molecule has 2 aromatic carbocycles. The van der Waals surface area contributed by atoms with Crippen LogP contribution in [0.4, 0.5) is 0 Å². The first-order valence-electron chi connectivity index (χ1n) is 6.31. The molecular weight excluding hydrogens is 270 g/mol. The van der Waals surface area contributed by atoms with E-state index in [9.17, 15) is 0 Å². The van der Waals surface area contributed by atoms with Crippen LogP contribution in [0.1, 0.15) is 5.56 Å². The standard InChI is InChI=1S/C16H15NO2S/c1-10-4-6-11(7-5-10)16-17-14-12(18-2)8-9-13(19-3)15(14)20-16/h4-9H,1-3H3. The summed E-state index contributed by atoms with van der Waals surface area (Å²) in [6.07, 6.45) is 0. The number of hydrogen-bond donors (Lipinski definition) is 0. The van der Waals surface area contributed by atoms with Gasteiger partial charge in [0, 0.05) is 5.56 Å². The van der Waals surface area contributed by atoms with Crippen LogP contribution in [-0.2, 0) is 0 Å². The van der Waals surface area contributed by atoms with E-state index in [-0.39, 0.29) is 0 Å². The molecule has 0 atom stereocenters. The maximum absolute atomic E-state index is 5.41. The molecule has 102 valence electrons. The minimum atomic E-state index is 0.774. The largest absolute Gasteiger partial charge is 0.495 e. The third kappa shape index (κ3) is 2.12. The maximum Gasteiger partial charge on any atom is 0.146 e. The number of rotatable bonds is 3. The maximum atomic E-state index is 5.41. The van der Waals surface area contributed by atoms with Crippen molar-refractivity contribution < 1.29 is 9.47 Å². The molecule has 0 saturated carbocycles. The smallest absolute Gasteiger partial charge is 0.146 e. The highest BCUT2D eigenvalue weighted by molar-refractivity contribution is 7.22. The van der Waals surface area contributed by atoms with Gasteiger partial charge in [0.1, 0.15) is 26.7 Å². The minimum absolute atomic E-state index is 0.774. The number of methoxy groups -OCH3 is 2. The lowest BCUT2D eigenvalue weighted by Crippen LogP contribution is -1.87. The van der Waals surface area contributed by atoms with Gasteiger partial charge >= 0.3 is 0 Å². The van der Waals surface area contributed by atoms with Crippen molar-refractivity contribution in [3.05, 3.63) is 42.0 Å². The van der Waals surface area contributed by atoms with Crippen molar-refractivity contribution >= 4 is 21.6 Å². The van der Waals surface area contributed by atoms with Crippen molar-refractivity contribution in [2.24, 2.45) is 0 Å². The molecule has 0 bridgehead atoms. The first-order valence-corrected chi connectivity index (χ1v) is 7.13. The Morgan fingerprint density at radius 3 is 2.20 bits per heavy atom. The first-order chi connectivity index (χ1) is 9.72. The molecule has 1 aromatic heterocycles. The van der Waals surface area contributed by atoms with Gasteiger partial charge in [0.15, 0.2) is 0 Å². The van der Waals surface area contributed by atoms with E-state index >= 15 is 0 Å². The van der Waals surface area contributed by atoms with Crippen molar-refractivity contribution in [2.45, 2.75) is 6.92 Å². The lowest BCUT2D eigenvalue weighted by Gasteiger charge is -2.03. The molecular formula is C16H15NO2S. The summed E-state index contributed by atoms with van der Waals surface area (Å²) < 4.78 is 11.8. The van der Waals surface area contributed by atoms with Crippen LogP contribution >= 0.6 is 11.3 Å². The molecule has 3 nitrogen and oxygen atoms in total. The van der Waals surface area contributed by atoms with E-state index in [1.54, 1.807) is 25.6 Å². The van der Waals surface area contributed by atoms with Crippen LogP contribution in [0, 0.1) is 6.92 Å². The topological polar surface area (TPSA) is 31.4 Å². The third-order valence-electron chi connectivity index (χ3n) is 3.21. The second-order valence-corrected chi connectivity index (χ2v) is 5.53. The predicted molar refractivity (Wildman–Crippen MR) is 82.9 cm³/mol. The summed E-state index contributed by atoms with van der Waals surface area (Å²) in [5, 5.41) is 0.975. The fraction of sp³-hybridized carbons (Fsp3) is 0.188. The fourth-order valence-electron chi connectivity index (χ4n) is 2.11. The highest BCUT2D eigenvalue weighted by atomic mass is 32.1. The normalized spacial score (nSPS) is 10.8. The lowest BCUT2D eigenvalue weighted by atomic mass is 10.2. The number of nitrogens with zero attached hydrogens (tertiary/aromatic N) is 1. The van der Waals surface area contributed by atoms with E-state index in [1.165, 1.54) is 5.56 Å². The van der Waals surface area contributed by atoms with E-state index in [0.717, 1.165) is 32.3 Å². The molecule has 0 aliphatic heterocycles. The highest BCUT2D eigenvalue weighted by Crippen LogP contribution is 2.40. The molecule has 3 rings (SSSR count). The molecule has 0 saturated heterocycles. The zero-order valence-electron chi connectivity index (χ0n) is 11.6. The number of thiazole rings is 1. The Balaban J connectivity index is 2.21. The number of hydrogen-bond acceptors (Lipinski definition) is 4. The fourth-order valence-corrected chi connectivity index (χ4v) is 3.18. The van der Waals surface area contributed by atoms with Gasteiger partial charge in [-0.3, -0.25) is 0 Å². The first kappa shape index (κ1) is 12.9. The molecule has 0 aliphatic rings. The van der Waals surface area contributed by atoms with Crippen LogP contribution in [0.3, 0.4) is 0 Å². The summed E-state index contributed by atoms with van der Waals surface area (Å²) in [6, 6.07) is 12.2. The summed E-state index contributed by atoms with van der Waals surface area (Å²) >= 11 is 1.62. The number of aryl methyl sites for hydroxylation is 1. The zero-order valence-corrected chi connectivity index (χ0v) is 12.5. The van der Waals surface area contributed by atoms with Crippen molar-refractivity contribution in [3.63, 3.8) is 0 Å². The van der Waals surface area contributed by atoms with Gasteiger partial charge < -0.3 is 9.47 Å². The molecule has 0 amide bonds. The van der Waals surface area contributed by atoms with Crippen LogP contribution in [0.5, 0.6) is 11.5 Å². The molecule has 20 heavy (non-hydrogen) atoms. The second kappa shape index (κ2) is 5.13. The summed E-state index contributed by atoms with van der Waals surface area (Å²) in [7, 11) is 3.33. The van der Waals surface area contributed by atoms with Gasteiger partial charge in [-0.1, -0.05) is 29.8 Å². The van der Waals surface area contributed by atoms with Crippen molar-refractivity contribution in [1.29, 1.82) is 0 Å². The van der Waals surface area contributed by atoms with Gasteiger partial charge in [-0.25, -0.2) is 4.98 Å². The molecule has 0 spiro atoms. The summed E-state index contributed by atoms with van der Waals surface area (Å²) in [5.41, 5.74) is 3.21. The predicted octanol–water partition coefficient (Wildman–Crippen LogP) is 4.29. The molecule has 0 N–H and O–H groups in total. The molecule has 4 heteroatoms. The van der Waals surface area contributed by atoms with Crippen molar-refractivity contribution in [2.75, 3.05) is 14.2 Å². The van der Waals surface area contributed by atoms with Crippen molar-refractivity contribution in [1.82, 2.24) is 4.98 Å². The van der Waals surface area contributed by atoms with E-state index in [4.69, 9.17) is 14.5 Å². The zero-order chi connectivity index (χ0) is 14.1. The Kier molecular flexibility index (Phi) is 3.32. The van der Waals surface area contributed by atoms with E-state index in [1.807, 2.05) is 12.1 Å². The van der Waals surface area contributed by atoms with Gasteiger partial charge in [0.25, 0.3) is 0 Å². The van der Waals surface area contributed by atoms with Crippen LogP contribution in [0.25, 0.3) is 20.8 Å². The monoisotopic (exact) mass is 285 g/mol. The van der Waals surface area contributed by atoms with Crippen LogP contribution in [-0.4, -0.2) is 19.2 Å². The summed E-state index contributed by atoms with van der Waals surface area (Å²) in [6.45, 7) is 2.08. The number of ether oxygens (including phenoxy) is 2. The molecule has 0 fully saturated rings. The molecule has 0 aliphatic carbocycles. The Bertz CT molecular complexity index is 706. The SMILES string of the molecule is COc1ccc(OC)c2sc(-c3ccc(C)cc3)nc12. The van der Waals surface area contributed by atoms with E-state index < -0.39 is 0 Å². The quantitative estimate of drug-likeness (QED) is 0.719. The molecule has 0 unspecified atom stereocenters. The average Bonchev–Trinajstić information content (AvgIpc) is 2.92. The van der Waals surface area contributed by atoms with Crippen LogP contribution in [0.15, 0.2) is 36.4 Å². The highest BCUT2D eigenvalue weighted by Gasteiger charge is 2.14. The minimum Gasteiger partial charge on any atom is -0.495 e. The molecule has 1 heterocycles. The summed E-state index contributed by atoms with van der Waals surface area (Å²) in [5.74, 6) is 1.60. The average molecular weight is 285 g/mol. The van der Waals surface area contributed by atoms with Crippen LogP contribution in [0.2, 0.25) is 0 Å². The Hall–Kier alpha value is -2.07. The molecule has 3 aromatic rings. The summed E-state index contributed by atoms with van der Waals surface area (Å²) in [4.78, 5) is 4.71. The van der Waals surface area contributed by atoms with Gasteiger partial charge in [-0.15, -0.1) is 11.3 Å². The van der Waals surface area contributed by atoms with Gasteiger partial charge in [-0.2, -0.15) is 0 Å². The van der Waals surface area contributed by atoms with Gasteiger partial charge in [0.2, 0.25) is 0 Å². The second-order valence-electron chi connectivity index (χ2n) is 4.53. The van der Waals surface area contributed by atoms with Gasteiger partial charge in [0.05, 0.1) is 14.2 Å². The van der Waals surface area contributed by atoms with E-state index in [0.29, 0.717) is 0 Å². The van der Waals surface area contributed by atoms with Gasteiger partial charge in [-0.05, 0) is 19.1 Å². The Labute approximate surface area is 121 Å². The molecule has 0 radical (unpaired) electrons. The number of benzene rings is 2. The third-order valence-corrected chi connectivity index (χ3v) is 4.33. The van der Waals surface area contributed by atoms with Crippen LogP contribution < -0.4 is 9.47 Å². The van der Waals surface area contributed by atoms with Crippen molar-refractivity contribution in [3.8, 4) is 22.1 Å².